The summed E-state index contributed by atoms with van der Waals surface area (Å²) in [5.74, 6) is -1.44. The molecular weight excluding hydrogens is 520 g/mol. The summed E-state index contributed by atoms with van der Waals surface area (Å²) >= 11 is 0. The molecule has 9 nitrogen and oxygen atoms in total. The van der Waals surface area contributed by atoms with Crippen LogP contribution in [0.25, 0.3) is 11.8 Å². The van der Waals surface area contributed by atoms with Gasteiger partial charge in [-0.2, -0.15) is 5.01 Å². The molecule has 0 unspecified atom stereocenters. The molecule has 0 fully saturated rings. The molecule has 0 saturated heterocycles. The summed E-state index contributed by atoms with van der Waals surface area (Å²) in [4.78, 5) is 42.9. The van der Waals surface area contributed by atoms with Gasteiger partial charge < -0.3 is 14.7 Å². The van der Waals surface area contributed by atoms with Gasteiger partial charge in [0.05, 0.1) is 29.3 Å². The molecule has 5 rings (SSSR count). The smallest absolute Gasteiger partial charge is 0.337 e. The summed E-state index contributed by atoms with van der Waals surface area (Å²) in [6, 6.07) is 21.2. The van der Waals surface area contributed by atoms with Crippen molar-refractivity contribution in [3.63, 3.8) is 0 Å². The molecule has 1 aliphatic heterocycles. The number of hydrogen-bond donors (Lipinski definition) is 1. The normalized spacial score (nSPS) is 12.7. The molecule has 9 heteroatoms. The van der Waals surface area contributed by atoms with Gasteiger partial charge in [0.2, 0.25) is 0 Å². The topological polar surface area (TPSA) is 104 Å². The van der Waals surface area contributed by atoms with Crippen LogP contribution in [0.1, 0.15) is 45.7 Å². The highest BCUT2D eigenvalue weighted by Gasteiger charge is 2.34. The van der Waals surface area contributed by atoms with Crippen LogP contribution in [0, 0.1) is 6.92 Å². The van der Waals surface area contributed by atoms with Gasteiger partial charge in [0.25, 0.3) is 11.5 Å². The van der Waals surface area contributed by atoms with E-state index < -0.39 is 17.4 Å². The number of carboxylic acids is 1. The van der Waals surface area contributed by atoms with E-state index in [0.717, 1.165) is 29.3 Å². The van der Waals surface area contributed by atoms with E-state index in [2.05, 4.69) is 23.8 Å². The number of benzene rings is 3. The van der Waals surface area contributed by atoms with Crippen molar-refractivity contribution < 1.29 is 19.4 Å². The maximum Gasteiger partial charge on any atom is 0.337 e. The van der Waals surface area contributed by atoms with E-state index in [9.17, 15) is 19.5 Å². The quantitative estimate of drug-likeness (QED) is 0.359. The Morgan fingerprint density at radius 2 is 1.66 bits per heavy atom. The van der Waals surface area contributed by atoms with Gasteiger partial charge in [0.15, 0.2) is 5.49 Å². The molecular formula is C32H30N4O5. The summed E-state index contributed by atoms with van der Waals surface area (Å²) in [6.45, 7) is 7.73. The molecule has 0 aliphatic carbocycles. The van der Waals surface area contributed by atoms with Crippen LogP contribution >= 0.6 is 0 Å². The summed E-state index contributed by atoms with van der Waals surface area (Å²) in [6.07, 6.45) is 1.55. The van der Waals surface area contributed by atoms with E-state index >= 15 is 0 Å². The van der Waals surface area contributed by atoms with Crippen LogP contribution < -0.4 is 30.9 Å². The monoisotopic (exact) mass is 550 g/mol. The Bertz CT molecular complexity index is 1830. The summed E-state index contributed by atoms with van der Waals surface area (Å²) in [7, 11) is 1.53. The molecule has 0 saturated carbocycles. The molecule has 41 heavy (non-hydrogen) atoms. The molecule has 0 spiro atoms. The number of pyridine rings is 1. The fourth-order valence-electron chi connectivity index (χ4n) is 5.06. The second-order valence-corrected chi connectivity index (χ2v) is 9.54. The van der Waals surface area contributed by atoms with Gasteiger partial charge in [0.1, 0.15) is 11.3 Å². The zero-order valence-corrected chi connectivity index (χ0v) is 23.3. The first-order chi connectivity index (χ1) is 19.8. The molecule has 0 bridgehead atoms. The van der Waals surface area contributed by atoms with Crippen molar-refractivity contribution in [2.24, 2.45) is 5.10 Å². The van der Waals surface area contributed by atoms with Crippen LogP contribution in [0.4, 0.5) is 11.4 Å². The fraction of sp³-hybridized carbons (Fsp3) is 0.188. The molecule has 1 aliphatic rings. The Balaban J connectivity index is 1.84. The van der Waals surface area contributed by atoms with Crippen molar-refractivity contribution in [2.75, 3.05) is 30.1 Å². The number of aromatic carboxylic acids is 1. The molecule has 4 aromatic rings. The maximum absolute atomic E-state index is 14.2. The number of carbonyl (C=O) groups is 2. The van der Waals surface area contributed by atoms with Crippen LogP contribution in [0.3, 0.4) is 0 Å². The summed E-state index contributed by atoms with van der Waals surface area (Å²) in [5, 5.41) is 15.9. The Morgan fingerprint density at radius 3 is 2.24 bits per heavy atom. The lowest BCUT2D eigenvalue weighted by atomic mass is 10.0. The van der Waals surface area contributed by atoms with Crippen LogP contribution in [0.5, 0.6) is 5.75 Å². The average Bonchev–Trinajstić information content (AvgIpc) is 3.31. The first-order valence-corrected chi connectivity index (χ1v) is 13.3. The van der Waals surface area contributed by atoms with Crippen LogP contribution in [0.2, 0.25) is 0 Å². The zero-order valence-electron chi connectivity index (χ0n) is 23.3. The van der Waals surface area contributed by atoms with E-state index in [1.165, 1.54) is 11.7 Å². The number of rotatable bonds is 8. The van der Waals surface area contributed by atoms with Gasteiger partial charge in [-0.3, -0.25) is 14.2 Å². The van der Waals surface area contributed by atoms with Crippen molar-refractivity contribution >= 4 is 29.3 Å². The van der Waals surface area contributed by atoms with E-state index in [4.69, 9.17) is 4.74 Å². The number of hydrogen-bond acceptors (Lipinski definition) is 6. The van der Waals surface area contributed by atoms with E-state index in [1.807, 2.05) is 25.1 Å². The van der Waals surface area contributed by atoms with Crippen molar-refractivity contribution in [1.29, 1.82) is 0 Å². The van der Waals surface area contributed by atoms with Crippen molar-refractivity contribution in [3.8, 4) is 11.4 Å². The van der Waals surface area contributed by atoms with Gasteiger partial charge in [-0.05, 0) is 86.5 Å². The second kappa shape index (κ2) is 11.1. The SMILES string of the molecule is CCN(CC)c1ccc(C=c2c(C(=O)O)c3c(n(-c4ccc(OC)cc4)c2=O)=NN(c2ccccc2)C3=O)c(C)c1. The highest BCUT2D eigenvalue weighted by molar-refractivity contribution is 6.12. The molecule has 0 radical (unpaired) electrons. The molecule has 1 aromatic heterocycles. The van der Waals surface area contributed by atoms with Crippen LogP contribution in [-0.2, 0) is 0 Å². The Kier molecular flexibility index (Phi) is 7.43. The maximum atomic E-state index is 14.2. The largest absolute Gasteiger partial charge is 0.497 e. The van der Waals surface area contributed by atoms with Crippen LogP contribution in [-0.4, -0.2) is 41.7 Å². The Labute approximate surface area is 236 Å². The third-order valence-corrected chi connectivity index (χ3v) is 7.22. The Morgan fingerprint density at radius 1 is 0.976 bits per heavy atom. The average molecular weight is 551 g/mol. The summed E-state index contributed by atoms with van der Waals surface area (Å²) < 4.78 is 6.55. The number of ether oxygens (including phenoxy) is 1. The van der Waals surface area contributed by atoms with Crippen molar-refractivity contribution in [3.05, 3.63) is 116 Å². The number of aromatic nitrogens is 1. The number of amides is 1. The number of carboxylic acid groups (broad SMARTS) is 1. The van der Waals surface area contributed by atoms with Gasteiger partial charge in [-0.25, -0.2) is 4.79 Å². The number of methoxy groups -OCH3 is 1. The van der Waals surface area contributed by atoms with E-state index in [0.29, 0.717) is 22.7 Å². The lowest BCUT2D eigenvalue weighted by Crippen LogP contribution is -2.47. The number of anilines is 2. The molecule has 2 heterocycles. The lowest BCUT2D eigenvalue weighted by molar-refractivity contribution is 0.0690. The number of fused-ring (bicyclic) bond motifs is 1. The Hall–Kier alpha value is -5.18. The number of nitrogens with zero attached hydrogens (tertiary/aromatic N) is 4. The minimum atomic E-state index is -1.39. The van der Waals surface area contributed by atoms with Crippen LogP contribution in [0.15, 0.2) is 82.7 Å². The highest BCUT2D eigenvalue weighted by atomic mass is 16.5. The minimum absolute atomic E-state index is 0.0443. The zero-order chi connectivity index (χ0) is 29.3. The molecule has 0 atom stereocenters. The highest BCUT2D eigenvalue weighted by Crippen LogP contribution is 2.23. The number of para-hydroxylation sites is 1. The number of carbonyl (C=O) groups excluding carboxylic acids is 1. The van der Waals surface area contributed by atoms with E-state index in [1.54, 1.807) is 60.7 Å². The van der Waals surface area contributed by atoms with Crippen molar-refractivity contribution in [2.45, 2.75) is 20.8 Å². The van der Waals surface area contributed by atoms with Gasteiger partial charge in [0, 0.05) is 18.8 Å². The first-order valence-electron chi connectivity index (χ1n) is 13.3. The third-order valence-electron chi connectivity index (χ3n) is 7.22. The summed E-state index contributed by atoms with van der Waals surface area (Å²) in [5.41, 5.74) is 2.25. The molecule has 3 aromatic carbocycles. The molecule has 1 amide bonds. The minimum Gasteiger partial charge on any atom is -0.497 e. The lowest BCUT2D eigenvalue weighted by Gasteiger charge is -2.21. The first kappa shape index (κ1) is 27.4. The second-order valence-electron chi connectivity index (χ2n) is 9.54. The third kappa shape index (κ3) is 4.86. The van der Waals surface area contributed by atoms with Gasteiger partial charge in [-0.15, -0.1) is 5.10 Å². The van der Waals surface area contributed by atoms with Crippen molar-refractivity contribution in [1.82, 2.24) is 4.57 Å². The fourth-order valence-corrected chi connectivity index (χ4v) is 5.06. The predicted molar refractivity (Wildman–Crippen MR) is 158 cm³/mol. The van der Waals surface area contributed by atoms with Gasteiger partial charge >= 0.3 is 5.97 Å². The standard InChI is InChI=1S/C32H30N4O5/c1-5-34(6-2)24-13-12-21(20(3)18-24)19-26-27(32(39)40)28-29(33-36(31(28)38)23-10-8-7-9-11-23)35(30(26)37)22-14-16-25(41-4)17-15-22/h7-19H,5-6H2,1-4H3,(H,39,40). The molecule has 208 valence electrons. The van der Waals surface area contributed by atoms with E-state index in [-0.39, 0.29) is 21.8 Å². The van der Waals surface area contributed by atoms with Gasteiger partial charge in [-0.1, -0.05) is 24.3 Å². The molecule has 1 N–H and O–H groups in total. The predicted octanol–water partition coefficient (Wildman–Crippen LogP) is 3.72. The number of aryl methyl sites for hydroxylation is 1.